The second-order valence-electron chi connectivity index (χ2n) is 6.98. The topological polar surface area (TPSA) is 53.6 Å². The highest BCUT2D eigenvalue weighted by Crippen LogP contribution is 2.23. The summed E-state index contributed by atoms with van der Waals surface area (Å²) < 4.78 is 0. The summed E-state index contributed by atoms with van der Waals surface area (Å²) in [6.07, 6.45) is 2.18. The van der Waals surface area contributed by atoms with Gasteiger partial charge in [-0.3, -0.25) is 9.89 Å². The lowest BCUT2D eigenvalue weighted by Gasteiger charge is -2.37. The zero-order valence-electron chi connectivity index (χ0n) is 15.0. The number of benzene rings is 1. The van der Waals surface area contributed by atoms with Gasteiger partial charge in [0, 0.05) is 25.2 Å². The van der Waals surface area contributed by atoms with Crippen molar-refractivity contribution in [3.63, 3.8) is 0 Å². The average molecular weight is 316 g/mol. The van der Waals surface area contributed by atoms with Gasteiger partial charge in [0.05, 0.1) is 6.54 Å². The highest BCUT2D eigenvalue weighted by atomic mass is 15.2. The zero-order chi connectivity index (χ0) is 16.8. The van der Waals surface area contributed by atoms with Crippen LogP contribution in [0.5, 0.6) is 0 Å². The number of rotatable bonds is 6. The van der Waals surface area contributed by atoms with E-state index in [4.69, 9.17) is 5.73 Å². The van der Waals surface area contributed by atoms with Gasteiger partial charge in [0.25, 0.3) is 0 Å². The summed E-state index contributed by atoms with van der Waals surface area (Å²) >= 11 is 0. The molecule has 0 spiro atoms. The normalized spacial score (nSPS) is 18.6. The van der Waals surface area contributed by atoms with Crippen molar-refractivity contribution in [1.29, 1.82) is 0 Å². The van der Waals surface area contributed by atoms with E-state index in [1.807, 2.05) is 0 Å². The van der Waals surface area contributed by atoms with Crippen LogP contribution in [0.2, 0.25) is 0 Å². The zero-order valence-corrected chi connectivity index (χ0v) is 15.0. The molecule has 2 atom stereocenters. The lowest BCUT2D eigenvalue weighted by Crippen LogP contribution is -2.45. The first-order valence-corrected chi connectivity index (χ1v) is 8.88. The Labute approximate surface area is 141 Å². The number of fused-ring (bicyclic) bond motifs is 1. The highest BCUT2D eigenvalue weighted by Gasteiger charge is 2.25. The maximum absolute atomic E-state index is 6.03. The summed E-state index contributed by atoms with van der Waals surface area (Å²) in [6.45, 7) is 11.7. The van der Waals surface area contributed by atoms with Crippen LogP contribution in [0.4, 0.5) is 0 Å². The fourth-order valence-electron chi connectivity index (χ4n) is 3.14. The van der Waals surface area contributed by atoms with Crippen LogP contribution in [0.1, 0.15) is 45.2 Å². The van der Waals surface area contributed by atoms with Crippen molar-refractivity contribution in [1.82, 2.24) is 10.2 Å². The van der Waals surface area contributed by atoms with Crippen molar-refractivity contribution in [3.05, 3.63) is 35.4 Å². The Morgan fingerprint density at radius 1 is 1.26 bits per heavy atom. The fourth-order valence-corrected chi connectivity index (χ4v) is 3.14. The smallest absolute Gasteiger partial charge is 0.188 e. The van der Waals surface area contributed by atoms with Gasteiger partial charge in [-0.1, -0.05) is 45.0 Å². The molecule has 0 fully saturated rings. The molecule has 1 aromatic carbocycles. The van der Waals surface area contributed by atoms with Crippen molar-refractivity contribution in [2.45, 2.75) is 59.2 Å². The molecular weight excluding hydrogens is 284 g/mol. The lowest BCUT2D eigenvalue weighted by molar-refractivity contribution is 0.144. The van der Waals surface area contributed by atoms with E-state index >= 15 is 0 Å². The van der Waals surface area contributed by atoms with Crippen molar-refractivity contribution in [2.75, 3.05) is 13.1 Å². The Bertz CT molecular complexity index is 524. The van der Waals surface area contributed by atoms with Crippen LogP contribution in [0.25, 0.3) is 0 Å². The second kappa shape index (κ2) is 8.34. The van der Waals surface area contributed by atoms with E-state index in [-0.39, 0.29) is 0 Å². The second-order valence-corrected chi connectivity index (χ2v) is 6.98. The van der Waals surface area contributed by atoms with Gasteiger partial charge in [0.15, 0.2) is 5.96 Å². The Morgan fingerprint density at radius 3 is 2.61 bits per heavy atom. The summed E-state index contributed by atoms with van der Waals surface area (Å²) in [6, 6.07) is 9.59. The molecule has 4 nitrogen and oxygen atoms in total. The van der Waals surface area contributed by atoms with E-state index in [0.29, 0.717) is 24.0 Å². The quantitative estimate of drug-likeness (QED) is 0.627. The molecule has 1 heterocycles. The molecule has 2 rings (SSSR count). The molecular formula is C19H32N4. The van der Waals surface area contributed by atoms with Crippen LogP contribution in [-0.2, 0) is 13.0 Å². The minimum absolute atomic E-state index is 0.373. The Balaban J connectivity index is 2.01. The Kier molecular flexibility index (Phi) is 6.46. The first-order valence-electron chi connectivity index (χ1n) is 8.88. The van der Waals surface area contributed by atoms with Crippen molar-refractivity contribution in [3.8, 4) is 0 Å². The first kappa shape index (κ1) is 17.8. The van der Waals surface area contributed by atoms with Crippen molar-refractivity contribution >= 4 is 5.96 Å². The van der Waals surface area contributed by atoms with Crippen molar-refractivity contribution in [2.24, 2.45) is 16.6 Å². The molecule has 0 saturated carbocycles. The highest BCUT2D eigenvalue weighted by molar-refractivity contribution is 5.78. The predicted octanol–water partition coefficient (Wildman–Crippen LogP) is 2.77. The number of nitrogens with one attached hydrogen (secondary N) is 1. The third-order valence-corrected chi connectivity index (χ3v) is 4.85. The van der Waals surface area contributed by atoms with Crippen LogP contribution < -0.4 is 11.1 Å². The molecule has 0 saturated heterocycles. The molecule has 2 unspecified atom stereocenters. The van der Waals surface area contributed by atoms with Gasteiger partial charge in [-0.25, -0.2) is 0 Å². The summed E-state index contributed by atoms with van der Waals surface area (Å²) in [5.74, 6) is 1.13. The molecule has 0 aliphatic carbocycles. The Morgan fingerprint density at radius 2 is 1.96 bits per heavy atom. The number of nitrogens with zero attached hydrogens (tertiary/aromatic N) is 2. The van der Waals surface area contributed by atoms with E-state index in [1.165, 1.54) is 11.1 Å². The molecule has 1 aliphatic rings. The SMILES string of the molecule is CCC(C)NC(N)=NCC(C(C)C)N1CCc2ccccc2C1. The van der Waals surface area contributed by atoms with E-state index in [1.54, 1.807) is 0 Å². The van der Waals surface area contributed by atoms with E-state index in [0.717, 1.165) is 32.5 Å². The van der Waals surface area contributed by atoms with Gasteiger partial charge in [-0.2, -0.15) is 0 Å². The number of hydrogen-bond acceptors (Lipinski definition) is 2. The van der Waals surface area contributed by atoms with E-state index in [2.05, 4.69) is 67.2 Å². The molecule has 0 radical (unpaired) electrons. The molecule has 0 aromatic heterocycles. The minimum Gasteiger partial charge on any atom is -0.370 e. The number of hydrogen-bond donors (Lipinski definition) is 2. The van der Waals surface area contributed by atoms with Gasteiger partial charge < -0.3 is 11.1 Å². The third-order valence-electron chi connectivity index (χ3n) is 4.85. The molecule has 4 heteroatoms. The fraction of sp³-hybridized carbons (Fsp3) is 0.632. The average Bonchev–Trinajstić information content (AvgIpc) is 2.54. The van der Waals surface area contributed by atoms with Crippen molar-refractivity contribution < 1.29 is 0 Å². The molecule has 1 aliphatic heterocycles. The van der Waals surface area contributed by atoms with Crippen LogP contribution in [0.15, 0.2) is 29.3 Å². The molecule has 23 heavy (non-hydrogen) atoms. The van der Waals surface area contributed by atoms with Gasteiger partial charge in [0.1, 0.15) is 0 Å². The van der Waals surface area contributed by atoms with Crippen LogP contribution in [-0.4, -0.2) is 36.0 Å². The van der Waals surface area contributed by atoms with Gasteiger partial charge in [-0.15, -0.1) is 0 Å². The molecule has 3 N–H and O–H groups in total. The number of aliphatic imine (C=N–C) groups is 1. The largest absolute Gasteiger partial charge is 0.370 e. The molecule has 128 valence electrons. The van der Waals surface area contributed by atoms with Crippen LogP contribution in [0.3, 0.4) is 0 Å². The van der Waals surface area contributed by atoms with Gasteiger partial charge >= 0.3 is 0 Å². The van der Waals surface area contributed by atoms with E-state index in [9.17, 15) is 0 Å². The third kappa shape index (κ3) is 4.96. The van der Waals surface area contributed by atoms with Crippen LogP contribution in [0, 0.1) is 5.92 Å². The Hall–Kier alpha value is -1.55. The monoisotopic (exact) mass is 316 g/mol. The summed E-state index contributed by atoms with van der Waals surface area (Å²) in [5, 5.41) is 3.25. The maximum Gasteiger partial charge on any atom is 0.188 e. The molecule has 1 aromatic rings. The number of nitrogens with two attached hydrogens (primary N) is 1. The number of guanidine groups is 1. The standard InChI is InChI=1S/C19H32N4/c1-5-15(4)22-19(20)21-12-18(14(2)3)23-11-10-16-8-6-7-9-17(16)13-23/h6-9,14-15,18H,5,10-13H2,1-4H3,(H3,20,21,22). The van der Waals surface area contributed by atoms with Gasteiger partial charge in [-0.05, 0) is 36.8 Å². The maximum atomic E-state index is 6.03. The molecule has 0 amide bonds. The first-order chi connectivity index (χ1) is 11.0. The lowest BCUT2D eigenvalue weighted by atomic mass is 9.95. The van der Waals surface area contributed by atoms with Crippen LogP contribution >= 0.6 is 0 Å². The molecule has 0 bridgehead atoms. The summed E-state index contributed by atoms with van der Waals surface area (Å²) in [7, 11) is 0. The van der Waals surface area contributed by atoms with Gasteiger partial charge in [0.2, 0.25) is 0 Å². The summed E-state index contributed by atoms with van der Waals surface area (Å²) in [4.78, 5) is 7.17. The summed E-state index contributed by atoms with van der Waals surface area (Å²) in [5.41, 5.74) is 8.98. The van der Waals surface area contributed by atoms with E-state index < -0.39 is 0 Å². The predicted molar refractivity (Wildman–Crippen MR) is 98.6 cm³/mol. The minimum atomic E-state index is 0.373.